The minimum absolute atomic E-state index is 0.0408. The van der Waals surface area contributed by atoms with Crippen LogP contribution in [0.5, 0.6) is 0 Å². The monoisotopic (exact) mass is 317 g/mol. The minimum Gasteiger partial charge on any atom is -0.447 e. The van der Waals surface area contributed by atoms with Crippen LogP contribution in [0.2, 0.25) is 0 Å². The number of hydrogen-bond acceptors (Lipinski definition) is 7. The maximum atomic E-state index is 12.3. The molecule has 0 aromatic heterocycles. The van der Waals surface area contributed by atoms with Crippen LogP contribution in [0.4, 0.5) is 9.59 Å². The smallest absolute Gasteiger partial charge is 0.447 e. The molecule has 0 saturated carbocycles. The first kappa shape index (κ1) is 16.8. The van der Waals surface area contributed by atoms with E-state index in [1.54, 1.807) is 6.07 Å². The topological polar surface area (TPSA) is 99.2 Å². The fourth-order valence-electron chi connectivity index (χ4n) is 1.26. The van der Waals surface area contributed by atoms with Crippen molar-refractivity contribution in [2.45, 2.75) is 18.7 Å². The lowest BCUT2D eigenvalue weighted by Gasteiger charge is -2.19. The van der Waals surface area contributed by atoms with Crippen molar-refractivity contribution < 1.29 is 32.3 Å². The average molecular weight is 317 g/mol. The number of benzene rings is 1. The molecule has 116 valence electrons. The van der Waals surface area contributed by atoms with Gasteiger partial charge < -0.3 is 9.47 Å². The summed E-state index contributed by atoms with van der Waals surface area (Å²) in [5.41, 5.74) is 0. The maximum Gasteiger partial charge on any atom is 0.534 e. The molecule has 9 heteroatoms. The number of carbonyl (C=O) groups excluding carboxylic acids is 2. The molecule has 0 spiro atoms. The number of nitrogens with zero attached hydrogens (tertiary/aromatic N) is 1. The molecule has 0 radical (unpaired) electrons. The Morgan fingerprint density at radius 3 is 2.14 bits per heavy atom. The van der Waals surface area contributed by atoms with Crippen LogP contribution in [0, 0.1) is 0 Å². The highest BCUT2D eigenvalue weighted by Crippen LogP contribution is 2.17. The van der Waals surface area contributed by atoms with Gasteiger partial charge in [0.25, 0.3) is 0 Å². The maximum absolute atomic E-state index is 12.3. The summed E-state index contributed by atoms with van der Waals surface area (Å²) in [4.78, 5) is 27.2. The van der Waals surface area contributed by atoms with Gasteiger partial charge in [-0.1, -0.05) is 18.2 Å². The van der Waals surface area contributed by atoms with Crippen molar-refractivity contribution >= 4 is 22.3 Å². The zero-order chi connectivity index (χ0) is 15.9. The summed E-state index contributed by atoms with van der Waals surface area (Å²) in [5.74, 6) is 0. The van der Waals surface area contributed by atoms with Crippen LogP contribution in [0.3, 0.4) is 0 Å². The molecule has 0 aliphatic rings. The molecule has 0 atom stereocenters. The second kappa shape index (κ2) is 7.48. The Labute approximate surface area is 122 Å². The summed E-state index contributed by atoms with van der Waals surface area (Å²) in [5, 5.41) is 0. The van der Waals surface area contributed by atoms with Crippen LogP contribution in [-0.4, -0.2) is 38.3 Å². The van der Waals surface area contributed by atoms with Crippen molar-refractivity contribution in [1.29, 1.82) is 0 Å². The van der Waals surface area contributed by atoms with E-state index >= 15 is 0 Å². The number of sulfonamides is 1. The van der Waals surface area contributed by atoms with Gasteiger partial charge in [-0.15, -0.1) is 0 Å². The van der Waals surface area contributed by atoms with Gasteiger partial charge in [0.15, 0.2) is 0 Å². The Kier molecular flexibility index (Phi) is 5.97. The SMILES string of the molecule is CCOC(=O)ON(C(=O)OCC)S(=O)(=O)c1ccccc1. The molecule has 1 rings (SSSR count). The first-order valence-electron chi connectivity index (χ1n) is 6.05. The summed E-state index contributed by atoms with van der Waals surface area (Å²) in [7, 11) is -4.40. The summed E-state index contributed by atoms with van der Waals surface area (Å²) in [6, 6.07) is 7.01. The van der Waals surface area contributed by atoms with Gasteiger partial charge in [-0.25, -0.2) is 9.59 Å². The van der Waals surface area contributed by atoms with Gasteiger partial charge in [0.2, 0.25) is 0 Å². The standard InChI is InChI=1S/C12H15NO7S/c1-3-18-11(14)13(20-12(15)19-4-2)21(16,17)10-8-6-5-7-9-10/h5-9H,3-4H2,1-2H3. The fourth-order valence-corrected chi connectivity index (χ4v) is 2.36. The first-order valence-corrected chi connectivity index (χ1v) is 7.49. The Hall–Kier alpha value is -2.29. The van der Waals surface area contributed by atoms with Crippen molar-refractivity contribution in [3.05, 3.63) is 30.3 Å². The molecule has 0 unspecified atom stereocenters. The molecular weight excluding hydrogens is 302 g/mol. The highest BCUT2D eigenvalue weighted by atomic mass is 32.2. The number of rotatable bonds is 4. The van der Waals surface area contributed by atoms with Crippen molar-refractivity contribution in [3.8, 4) is 0 Å². The summed E-state index contributed by atoms with van der Waals surface area (Å²) in [6.07, 6.45) is -2.67. The van der Waals surface area contributed by atoms with Crippen LogP contribution in [0.25, 0.3) is 0 Å². The molecule has 8 nitrogen and oxygen atoms in total. The molecule has 0 heterocycles. The van der Waals surface area contributed by atoms with Gasteiger partial charge in [0.1, 0.15) is 0 Å². The lowest BCUT2D eigenvalue weighted by molar-refractivity contribution is -0.0552. The lowest BCUT2D eigenvalue weighted by atomic mass is 10.4. The van der Waals surface area contributed by atoms with Gasteiger partial charge in [0, 0.05) is 0 Å². The minimum atomic E-state index is -4.40. The predicted octanol–water partition coefficient (Wildman–Crippen LogP) is 1.92. The van der Waals surface area contributed by atoms with E-state index in [1.165, 1.54) is 38.1 Å². The van der Waals surface area contributed by atoms with E-state index in [0.717, 1.165) is 0 Å². The third-order valence-corrected chi connectivity index (χ3v) is 3.62. The van der Waals surface area contributed by atoms with Gasteiger partial charge >= 0.3 is 22.3 Å². The Bertz CT molecular complexity index is 585. The highest BCUT2D eigenvalue weighted by molar-refractivity contribution is 7.89. The second-order valence-electron chi connectivity index (χ2n) is 3.52. The molecule has 0 saturated heterocycles. The lowest BCUT2D eigenvalue weighted by Crippen LogP contribution is -2.39. The summed E-state index contributed by atoms with van der Waals surface area (Å²) >= 11 is 0. The van der Waals surface area contributed by atoms with Crippen molar-refractivity contribution in [2.75, 3.05) is 13.2 Å². The van der Waals surface area contributed by atoms with Crippen molar-refractivity contribution in [3.63, 3.8) is 0 Å². The van der Waals surface area contributed by atoms with Crippen LogP contribution >= 0.6 is 0 Å². The summed E-state index contributed by atoms with van der Waals surface area (Å²) in [6.45, 7) is 2.85. The van der Waals surface area contributed by atoms with Gasteiger partial charge in [0.05, 0.1) is 18.1 Å². The number of carbonyl (C=O) groups is 2. The van der Waals surface area contributed by atoms with Gasteiger partial charge in [-0.2, -0.15) is 8.42 Å². The quantitative estimate of drug-likeness (QED) is 0.618. The van der Waals surface area contributed by atoms with E-state index < -0.39 is 22.3 Å². The molecule has 1 aromatic carbocycles. The van der Waals surface area contributed by atoms with Crippen LogP contribution < -0.4 is 0 Å². The van der Waals surface area contributed by atoms with E-state index in [-0.39, 0.29) is 22.6 Å². The molecule has 0 aliphatic heterocycles. The van der Waals surface area contributed by atoms with E-state index in [9.17, 15) is 18.0 Å². The molecule has 1 amide bonds. The fraction of sp³-hybridized carbons (Fsp3) is 0.333. The molecular formula is C12H15NO7S. The van der Waals surface area contributed by atoms with Gasteiger partial charge in [-0.3, -0.25) is 4.84 Å². The molecule has 21 heavy (non-hydrogen) atoms. The Morgan fingerprint density at radius 2 is 1.62 bits per heavy atom. The predicted molar refractivity (Wildman–Crippen MR) is 70.6 cm³/mol. The molecule has 0 N–H and O–H groups in total. The summed E-state index contributed by atoms with van der Waals surface area (Å²) < 4.78 is 33.4. The van der Waals surface area contributed by atoms with Crippen LogP contribution in [0.15, 0.2) is 35.2 Å². The van der Waals surface area contributed by atoms with E-state index in [0.29, 0.717) is 0 Å². The highest BCUT2D eigenvalue weighted by Gasteiger charge is 2.35. The van der Waals surface area contributed by atoms with Crippen molar-refractivity contribution in [1.82, 2.24) is 4.47 Å². The molecule has 0 fully saturated rings. The zero-order valence-electron chi connectivity index (χ0n) is 11.5. The molecule has 0 aliphatic carbocycles. The van der Waals surface area contributed by atoms with Crippen LogP contribution in [0.1, 0.15) is 13.8 Å². The second-order valence-corrected chi connectivity index (χ2v) is 5.27. The van der Waals surface area contributed by atoms with Crippen LogP contribution in [-0.2, 0) is 24.3 Å². The normalized spacial score (nSPS) is 10.6. The number of hydroxylamine groups is 1. The van der Waals surface area contributed by atoms with Gasteiger partial charge in [-0.05, 0) is 30.4 Å². The number of amides is 1. The average Bonchev–Trinajstić information content (AvgIpc) is 2.46. The number of ether oxygens (including phenoxy) is 2. The van der Waals surface area contributed by atoms with E-state index in [1.807, 2.05) is 0 Å². The Morgan fingerprint density at radius 1 is 1.05 bits per heavy atom. The molecule has 1 aromatic rings. The third-order valence-electron chi connectivity index (χ3n) is 2.10. The van der Waals surface area contributed by atoms with E-state index in [4.69, 9.17) is 0 Å². The molecule has 0 bridgehead atoms. The first-order chi connectivity index (χ1) is 9.93. The van der Waals surface area contributed by atoms with E-state index in [2.05, 4.69) is 14.3 Å². The van der Waals surface area contributed by atoms with Crippen molar-refractivity contribution in [2.24, 2.45) is 0 Å². The zero-order valence-corrected chi connectivity index (χ0v) is 12.3. The number of hydrogen-bond donors (Lipinski definition) is 0. The Balaban J connectivity index is 3.11. The largest absolute Gasteiger partial charge is 0.534 e. The third kappa shape index (κ3) is 4.35.